The molecule has 7 heteroatoms. The zero-order chi connectivity index (χ0) is 18.9. The maximum absolute atomic E-state index is 11.5. The van der Waals surface area contributed by atoms with Crippen molar-refractivity contribution in [3.8, 4) is 11.5 Å². The molecule has 0 atom stereocenters. The Morgan fingerprint density at radius 2 is 1.96 bits per heavy atom. The minimum Gasteiger partial charge on any atom is -0.493 e. The molecule has 25 heavy (non-hydrogen) atoms. The number of allylic oxidation sites excluding steroid dienone is 1. The molecule has 1 aromatic rings. The molecule has 0 aliphatic rings. The standard InChI is InChI=1S/C18H25NO5S/c1-14(2)8-11-24-16-6-5-15(13-17(16)23-3)7-10-19-18(20)9-12-25(4,21)22/h5-6,8-9,12-13H,7,10-11H2,1-4H3,(H,19,20). The fourth-order valence-electron chi connectivity index (χ4n) is 1.86. The summed E-state index contributed by atoms with van der Waals surface area (Å²) >= 11 is 0. The number of carbonyl (C=O) groups excluding carboxylic acids is 1. The second-order valence-electron chi connectivity index (χ2n) is 5.75. The van der Waals surface area contributed by atoms with E-state index in [0.717, 1.165) is 23.3 Å². The zero-order valence-electron chi connectivity index (χ0n) is 15.0. The average molecular weight is 367 g/mol. The van der Waals surface area contributed by atoms with Crippen LogP contribution in [0.3, 0.4) is 0 Å². The second kappa shape index (κ2) is 9.88. The fraction of sp³-hybridized carbons (Fsp3) is 0.389. The topological polar surface area (TPSA) is 81.7 Å². The lowest BCUT2D eigenvalue weighted by Crippen LogP contribution is -2.23. The largest absolute Gasteiger partial charge is 0.493 e. The Bertz CT molecular complexity index is 747. The van der Waals surface area contributed by atoms with Gasteiger partial charge in [0.1, 0.15) is 6.61 Å². The van der Waals surface area contributed by atoms with E-state index in [1.54, 1.807) is 7.11 Å². The molecule has 0 saturated heterocycles. The van der Waals surface area contributed by atoms with Crippen LogP contribution in [0, 0.1) is 0 Å². The van der Waals surface area contributed by atoms with Gasteiger partial charge in [0.15, 0.2) is 21.3 Å². The summed E-state index contributed by atoms with van der Waals surface area (Å²) in [5.41, 5.74) is 2.15. The minimum atomic E-state index is -3.30. The molecule has 0 aromatic heterocycles. The predicted molar refractivity (Wildman–Crippen MR) is 98.6 cm³/mol. The van der Waals surface area contributed by atoms with Crippen LogP contribution in [0.5, 0.6) is 11.5 Å². The molecule has 0 bridgehead atoms. The quantitative estimate of drug-likeness (QED) is 0.535. The van der Waals surface area contributed by atoms with Crippen molar-refractivity contribution in [2.75, 3.05) is 26.5 Å². The fourth-order valence-corrected chi connectivity index (χ4v) is 2.23. The van der Waals surface area contributed by atoms with E-state index in [2.05, 4.69) is 5.32 Å². The number of methoxy groups -OCH3 is 1. The molecule has 0 heterocycles. The predicted octanol–water partition coefficient (Wildman–Crippen LogP) is 2.26. The minimum absolute atomic E-state index is 0.383. The highest BCUT2D eigenvalue weighted by Gasteiger charge is 2.06. The van der Waals surface area contributed by atoms with E-state index in [4.69, 9.17) is 9.47 Å². The molecule has 0 aliphatic heterocycles. The van der Waals surface area contributed by atoms with Crippen LogP contribution in [0.15, 0.2) is 41.3 Å². The number of sulfone groups is 1. The van der Waals surface area contributed by atoms with E-state index in [1.807, 2.05) is 38.1 Å². The summed E-state index contributed by atoms with van der Waals surface area (Å²) in [6.07, 6.45) is 4.61. The summed E-state index contributed by atoms with van der Waals surface area (Å²) in [6, 6.07) is 5.59. The van der Waals surface area contributed by atoms with Crippen molar-refractivity contribution < 1.29 is 22.7 Å². The Balaban J connectivity index is 2.58. The Kier molecular flexibility index (Phi) is 8.21. The van der Waals surface area contributed by atoms with Crippen LogP contribution < -0.4 is 14.8 Å². The number of rotatable bonds is 9. The van der Waals surface area contributed by atoms with E-state index in [1.165, 1.54) is 5.57 Å². The SMILES string of the molecule is COc1cc(CCNC(=O)C=CS(C)(=O)=O)ccc1OCC=C(C)C. The van der Waals surface area contributed by atoms with Crippen molar-refractivity contribution in [1.82, 2.24) is 5.32 Å². The molecule has 0 saturated carbocycles. The van der Waals surface area contributed by atoms with Gasteiger partial charge >= 0.3 is 0 Å². The van der Waals surface area contributed by atoms with Crippen LogP contribution in [-0.2, 0) is 21.1 Å². The molecule has 0 unspecified atom stereocenters. The van der Waals surface area contributed by atoms with Gasteiger partial charge < -0.3 is 14.8 Å². The molecule has 0 radical (unpaired) electrons. The van der Waals surface area contributed by atoms with E-state index in [9.17, 15) is 13.2 Å². The molecule has 6 nitrogen and oxygen atoms in total. The smallest absolute Gasteiger partial charge is 0.244 e. The highest BCUT2D eigenvalue weighted by molar-refractivity contribution is 7.93. The Morgan fingerprint density at radius 1 is 1.24 bits per heavy atom. The summed E-state index contributed by atoms with van der Waals surface area (Å²) in [7, 11) is -1.73. The molecular formula is C18H25NO5S. The molecular weight excluding hydrogens is 342 g/mol. The van der Waals surface area contributed by atoms with Gasteiger partial charge in [-0.2, -0.15) is 0 Å². The van der Waals surface area contributed by atoms with Gasteiger partial charge in [0.25, 0.3) is 0 Å². The van der Waals surface area contributed by atoms with Crippen molar-refractivity contribution in [3.63, 3.8) is 0 Å². The lowest BCUT2D eigenvalue weighted by atomic mass is 10.1. The summed E-state index contributed by atoms with van der Waals surface area (Å²) in [5, 5.41) is 3.51. The van der Waals surface area contributed by atoms with Gasteiger partial charge in [0, 0.05) is 24.3 Å². The lowest BCUT2D eigenvalue weighted by molar-refractivity contribution is -0.116. The van der Waals surface area contributed by atoms with Crippen molar-refractivity contribution in [1.29, 1.82) is 0 Å². The molecule has 138 valence electrons. The van der Waals surface area contributed by atoms with Gasteiger partial charge in [-0.25, -0.2) is 8.42 Å². The third kappa shape index (κ3) is 8.95. The molecule has 1 N–H and O–H groups in total. The van der Waals surface area contributed by atoms with Crippen LogP contribution in [0.1, 0.15) is 19.4 Å². The molecule has 1 aromatic carbocycles. The summed E-state index contributed by atoms with van der Waals surface area (Å²) in [5.74, 6) is 0.839. The first-order chi connectivity index (χ1) is 11.7. The van der Waals surface area contributed by atoms with Gasteiger partial charge in [0.05, 0.1) is 7.11 Å². The van der Waals surface area contributed by atoms with E-state index in [-0.39, 0.29) is 0 Å². The summed E-state index contributed by atoms with van der Waals surface area (Å²) in [6.45, 7) is 4.86. The lowest BCUT2D eigenvalue weighted by Gasteiger charge is -2.11. The highest BCUT2D eigenvalue weighted by atomic mass is 32.2. The third-order valence-corrected chi connectivity index (χ3v) is 3.77. The molecule has 1 rings (SSSR count). The molecule has 0 fully saturated rings. The van der Waals surface area contributed by atoms with E-state index < -0.39 is 15.7 Å². The Hall–Kier alpha value is -2.28. The Labute approximate surface area is 149 Å². The maximum atomic E-state index is 11.5. The van der Waals surface area contributed by atoms with Crippen LogP contribution in [0.25, 0.3) is 0 Å². The van der Waals surface area contributed by atoms with Crippen molar-refractivity contribution in [3.05, 3.63) is 46.9 Å². The Morgan fingerprint density at radius 3 is 2.56 bits per heavy atom. The van der Waals surface area contributed by atoms with Crippen LogP contribution in [0.2, 0.25) is 0 Å². The zero-order valence-corrected chi connectivity index (χ0v) is 15.9. The maximum Gasteiger partial charge on any atom is 0.244 e. The molecule has 1 amide bonds. The summed E-state index contributed by atoms with van der Waals surface area (Å²) < 4.78 is 32.9. The van der Waals surface area contributed by atoms with Gasteiger partial charge in [-0.05, 0) is 44.0 Å². The van der Waals surface area contributed by atoms with Gasteiger partial charge in [-0.15, -0.1) is 0 Å². The number of amides is 1. The van der Waals surface area contributed by atoms with Crippen LogP contribution in [0.4, 0.5) is 0 Å². The van der Waals surface area contributed by atoms with Crippen molar-refractivity contribution in [2.24, 2.45) is 0 Å². The summed E-state index contributed by atoms with van der Waals surface area (Å²) in [4.78, 5) is 11.5. The second-order valence-corrected chi connectivity index (χ2v) is 7.68. The number of nitrogens with one attached hydrogen (secondary N) is 1. The number of carbonyl (C=O) groups is 1. The molecule has 0 spiro atoms. The third-order valence-electron chi connectivity index (χ3n) is 3.14. The number of hydrogen-bond acceptors (Lipinski definition) is 5. The van der Waals surface area contributed by atoms with Crippen molar-refractivity contribution in [2.45, 2.75) is 20.3 Å². The van der Waals surface area contributed by atoms with E-state index in [0.29, 0.717) is 31.1 Å². The van der Waals surface area contributed by atoms with Crippen molar-refractivity contribution >= 4 is 15.7 Å². The number of benzene rings is 1. The number of hydrogen-bond donors (Lipinski definition) is 1. The first-order valence-corrected chi connectivity index (χ1v) is 9.76. The van der Waals surface area contributed by atoms with Crippen LogP contribution in [-0.4, -0.2) is 40.8 Å². The highest BCUT2D eigenvalue weighted by Crippen LogP contribution is 2.28. The van der Waals surface area contributed by atoms with Gasteiger partial charge in [0.2, 0.25) is 5.91 Å². The first kappa shape index (κ1) is 20.8. The normalized spacial score (nSPS) is 11.2. The first-order valence-electron chi connectivity index (χ1n) is 7.80. The van der Waals surface area contributed by atoms with Crippen LogP contribution >= 0.6 is 0 Å². The monoisotopic (exact) mass is 367 g/mol. The van der Waals surface area contributed by atoms with Gasteiger partial charge in [-0.1, -0.05) is 11.6 Å². The number of ether oxygens (including phenoxy) is 2. The van der Waals surface area contributed by atoms with E-state index >= 15 is 0 Å². The average Bonchev–Trinajstić information content (AvgIpc) is 2.53. The van der Waals surface area contributed by atoms with Gasteiger partial charge in [-0.3, -0.25) is 4.79 Å². The molecule has 0 aliphatic carbocycles.